The minimum Gasteiger partial charge on any atom is -0.379 e. The molecule has 1 aliphatic rings. The third kappa shape index (κ3) is 5.73. The fraction of sp³-hybridized carbons (Fsp3) is 0.320. The van der Waals surface area contributed by atoms with Gasteiger partial charge < -0.3 is 10.1 Å². The van der Waals surface area contributed by atoms with E-state index in [-0.39, 0.29) is 23.4 Å². The summed E-state index contributed by atoms with van der Waals surface area (Å²) in [7, 11) is -3.66. The van der Waals surface area contributed by atoms with E-state index in [0.29, 0.717) is 37.6 Å². The molecule has 0 spiro atoms. The second-order valence-electron chi connectivity index (χ2n) is 8.28. The van der Waals surface area contributed by atoms with Gasteiger partial charge in [0.1, 0.15) is 0 Å². The lowest BCUT2D eigenvalue weighted by atomic mass is 10.0. The van der Waals surface area contributed by atoms with E-state index in [0.717, 1.165) is 10.4 Å². The number of thiophene rings is 1. The number of morpholine rings is 1. The number of rotatable bonds is 8. The van der Waals surface area contributed by atoms with E-state index in [1.165, 1.54) is 15.9 Å². The van der Waals surface area contributed by atoms with Crippen LogP contribution in [0.3, 0.4) is 0 Å². The van der Waals surface area contributed by atoms with Crippen molar-refractivity contribution in [1.29, 1.82) is 0 Å². The van der Waals surface area contributed by atoms with E-state index in [2.05, 4.69) is 34.9 Å². The van der Waals surface area contributed by atoms with Gasteiger partial charge in [-0.1, -0.05) is 42.0 Å². The smallest absolute Gasteiger partial charge is 0.243 e. The number of hydrogen-bond acceptors (Lipinski definition) is 6. The molecular formula is C25H29N3O4S2. The van der Waals surface area contributed by atoms with Gasteiger partial charge in [0.05, 0.1) is 30.7 Å². The molecule has 1 saturated heterocycles. The molecule has 7 nitrogen and oxygen atoms in total. The van der Waals surface area contributed by atoms with Gasteiger partial charge in [-0.05, 0) is 48.6 Å². The first-order valence-electron chi connectivity index (χ1n) is 11.2. The number of amides is 1. The van der Waals surface area contributed by atoms with Crippen LogP contribution in [0.2, 0.25) is 0 Å². The lowest BCUT2D eigenvalue weighted by Gasteiger charge is -2.27. The number of sulfonamides is 1. The number of nitrogens with one attached hydrogen (secondary N) is 2. The first kappa shape index (κ1) is 24.6. The molecule has 1 atom stereocenters. The molecule has 0 unspecified atom stereocenters. The van der Waals surface area contributed by atoms with Crippen LogP contribution < -0.4 is 10.6 Å². The summed E-state index contributed by atoms with van der Waals surface area (Å²) < 4.78 is 32.9. The Labute approximate surface area is 204 Å². The second kappa shape index (κ2) is 10.8. The third-order valence-corrected chi connectivity index (χ3v) is 8.74. The number of nitrogens with zero attached hydrogens (tertiary/aromatic N) is 1. The van der Waals surface area contributed by atoms with Crippen LogP contribution in [0.25, 0.3) is 0 Å². The van der Waals surface area contributed by atoms with Crippen molar-refractivity contribution in [2.45, 2.75) is 24.8 Å². The number of carbonyl (C=O) groups is 1. The zero-order valence-electron chi connectivity index (χ0n) is 19.3. The van der Waals surface area contributed by atoms with Gasteiger partial charge in [-0.2, -0.15) is 4.31 Å². The number of carbonyl (C=O) groups excluding carboxylic acids is 1. The van der Waals surface area contributed by atoms with Crippen molar-refractivity contribution in [1.82, 2.24) is 9.62 Å². The Balaban J connectivity index is 1.46. The molecular weight excluding hydrogens is 470 g/mol. The number of aryl methyl sites for hydroxylation is 2. The van der Waals surface area contributed by atoms with Gasteiger partial charge in [0.15, 0.2) is 0 Å². The Morgan fingerprint density at radius 3 is 2.50 bits per heavy atom. The molecule has 2 N–H and O–H groups in total. The minimum atomic E-state index is -3.66. The Morgan fingerprint density at radius 2 is 1.82 bits per heavy atom. The summed E-state index contributed by atoms with van der Waals surface area (Å²) in [5, 5.41) is 8.20. The first-order chi connectivity index (χ1) is 16.3. The van der Waals surface area contributed by atoms with Crippen molar-refractivity contribution < 1.29 is 17.9 Å². The van der Waals surface area contributed by atoms with Crippen LogP contribution in [0.15, 0.2) is 64.9 Å². The number of benzene rings is 2. The first-order valence-corrected chi connectivity index (χ1v) is 13.5. The van der Waals surface area contributed by atoms with Crippen LogP contribution in [0, 0.1) is 13.8 Å². The average Bonchev–Trinajstić information content (AvgIpc) is 3.37. The molecule has 1 aromatic heterocycles. The molecule has 1 amide bonds. The van der Waals surface area contributed by atoms with Crippen LogP contribution in [0.5, 0.6) is 0 Å². The van der Waals surface area contributed by atoms with Crippen LogP contribution in [-0.4, -0.2) is 51.5 Å². The van der Waals surface area contributed by atoms with Crippen molar-refractivity contribution in [3.05, 3.63) is 81.5 Å². The van der Waals surface area contributed by atoms with Crippen molar-refractivity contribution in [2.24, 2.45) is 0 Å². The number of anilines is 1. The van der Waals surface area contributed by atoms with E-state index in [1.54, 1.807) is 30.4 Å². The van der Waals surface area contributed by atoms with Gasteiger partial charge in [-0.15, -0.1) is 11.3 Å². The molecule has 0 radical (unpaired) electrons. The van der Waals surface area contributed by atoms with Gasteiger partial charge in [0.2, 0.25) is 15.9 Å². The zero-order valence-corrected chi connectivity index (χ0v) is 20.9. The molecule has 2 heterocycles. The zero-order chi connectivity index (χ0) is 24.1. The third-order valence-electron chi connectivity index (χ3n) is 5.76. The maximum absolute atomic E-state index is 13.1. The highest BCUT2D eigenvalue weighted by Crippen LogP contribution is 2.27. The lowest BCUT2D eigenvalue weighted by Crippen LogP contribution is -2.40. The summed E-state index contributed by atoms with van der Waals surface area (Å²) >= 11 is 1.63. The second-order valence-corrected chi connectivity index (χ2v) is 11.2. The van der Waals surface area contributed by atoms with Crippen molar-refractivity contribution in [3.63, 3.8) is 0 Å². The average molecular weight is 500 g/mol. The predicted molar refractivity (Wildman–Crippen MR) is 135 cm³/mol. The Kier molecular flexibility index (Phi) is 7.80. The van der Waals surface area contributed by atoms with Crippen molar-refractivity contribution in [2.75, 3.05) is 38.2 Å². The molecule has 0 saturated carbocycles. The fourth-order valence-corrected chi connectivity index (χ4v) is 6.36. The summed E-state index contributed by atoms with van der Waals surface area (Å²) in [4.78, 5) is 14.1. The number of hydrogen-bond donors (Lipinski definition) is 2. The maximum atomic E-state index is 13.1. The van der Waals surface area contributed by atoms with Gasteiger partial charge in [-0.25, -0.2) is 8.42 Å². The molecule has 1 aliphatic heterocycles. The SMILES string of the molecule is Cc1ccc([C@H](NCC(=O)Nc2ccc(C)c(S(=O)(=O)N3CCOCC3)c2)c2cccs2)cc1. The topological polar surface area (TPSA) is 87.7 Å². The van der Waals surface area contributed by atoms with Crippen LogP contribution in [0.1, 0.15) is 27.6 Å². The molecule has 1 fully saturated rings. The van der Waals surface area contributed by atoms with Crippen LogP contribution >= 0.6 is 11.3 Å². The van der Waals surface area contributed by atoms with E-state index in [4.69, 9.17) is 4.74 Å². The molecule has 180 valence electrons. The molecule has 34 heavy (non-hydrogen) atoms. The monoisotopic (exact) mass is 499 g/mol. The largest absolute Gasteiger partial charge is 0.379 e. The van der Waals surface area contributed by atoms with Crippen molar-refractivity contribution in [3.8, 4) is 0 Å². The number of ether oxygens (including phenoxy) is 1. The quantitative estimate of drug-likeness (QED) is 0.494. The van der Waals surface area contributed by atoms with E-state index >= 15 is 0 Å². The van der Waals surface area contributed by atoms with Crippen LogP contribution in [-0.2, 0) is 19.6 Å². The maximum Gasteiger partial charge on any atom is 0.243 e. The van der Waals surface area contributed by atoms with E-state index in [9.17, 15) is 13.2 Å². The molecule has 4 rings (SSSR count). The highest BCUT2D eigenvalue weighted by Gasteiger charge is 2.28. The highest BCUT2D eigenvalue weighted by atomic mass is 32.2. The Hall–Kier alpha value is -2.56. The summed E-state index contributed by atoms with van der Waals surface area (Å²) in [6.07, 6.45) is 0. The Bertz CT molecular complexity index is 1220. The van der Waals surface area contributed by atoms with Gasteiger partial charge in [0.25, 0.3) is 0 Å². The van der Waals surface area contributed by atoms with Gasteiger partial charge in [-0.3, -0.25) is 10.1 Å². The predicted octanol–water partition coefficient (Wildman–Crippen LogP) is 3.70. The molecule has 0 aliphatic carbocycles. The van der Waals surface area contributed by atoms with E-state index in [1.807, 2.05) is 24.4 Å². The summed E-state index contributed by atoms with van der Waals surface area (Å²) in [5.74, 6) is -0.243. The molecule has 9 heteroatoms. The summed E-state index contributed by atoms with van der Waals surface area (Å²) in [5.41, 5.74) is 3.34. The highest BCUT2D eigenvalue weighted by molar-refractivity contribution is 7.89. The van der Waals surface area contributed by atoms with Crippen molar-refractivity contribution >= 4 is 33.0 Å². The minimum absolute atomic E-state index is 0.0792. The summed E-state index contributed by atoms with van der Waals surface area (Å²) in [6, 6.07) is 17.1. The molecule has 2 aromatic carbocycles. The molecule has 3 aromatic rings. The lowest BCUT2D eigenvalue weighted by molar-refractivity contribution is -0.115. The standard InChI is InChI=1S/C25H29N3O4S2/c1-18-5-8-20(9-6-18)25(22-4-3-15-33-22)26-17-24(29)27-21-10-7-19(2)23(16-21)34(30,31)28-11-13-32-14-12-28/h3-10,15-16,25-26H,11-14,17H2,1-2H3,(H,27,29)/t25-/m0/s1. The normalized spacial score (nSPS) is 15.7. The summed E-state index contributed by atoms with van der Waals surface area (Å²) in [6.45, 7) is 5.29. The van der Waals surface area contributed by atoms with Gasteiger partial charge >= 0.3 is 0 Å². The fourth-order valence-electron chi connectivity index (χ4n) is 3.88. The van der Waals surface area contributed by atoms with Crippen LogP contribution in [0.4, 0.5) is 5.69 Å². The van der Waals surface area contributed by atoms with Gasteiger partial charge in [0, 0.05) is 23.7 Å². The Morgan fingerprint density at radius 1 is 1.09 bits per heavy atom. The van der Waals surface area contributed by atoms with E-state index < -0.39 is 10.0 Å². The molecule has 0 bridgehead atoms.